The minimum absolute atomic E-state index is 0.501. The highest BCUT2D eigenvalue weighted by Gasteiger charge is 2.28. The normalized spacial score (nSPS) is 13.2. The summed E-state index contributed by atoms with van der Waals surface area (Å²) in [5.41, 5.74) is 5.97. The maximum Gasteiger partial charge on any atom is 0.362 e. The number of rotatable bonds is 7. The van der Waals surface area contributed by atoms with E-state index in [9.17, 15) is 4.57 Å². The van der Waals surface area contributed by atoms with Crippen molar-refractivity contribution in [3.63, 3.8) is 0 Å². The van der Waals surface area contributed by atoms with Crippen molar-refractivity contribution in [1.29, 1.82) is 0 Å². The van der Waals surface area contributed by atoms with Crippen LogP contribution in [0.5, 0.6) is 5.75 Å². The van der Waals surface area contributed by atoms with Crippen LogP contribution < -0.4 is 4.74 Å². The van der Waals surface area contributed by atoms with Crippen LogP contribution in [0.4, 0.5) is 0 Å². The molecule has 8 heteroatoms. The molecule has 0 fully saturated rings. The number of hydrogen-bond acceptors (Lipinski definition) is 5. The van der Waals surface area contributed by atoms with Gasteiger partial charge in [-0.2, -0.15) is 0 Å². The summed E-state index contributed by atoms with van der Waals surface area (Å²) in [6.45, 7) is 7.08. The van der Waals surface area contributed by atoms with E-state index in [-0.39, 0.29) is 0 Å². The summed E-state index contributed by atoms with van der Waals surface area (Å²) in [5.74, 6) is 0.501. The zero-order valence-corrected chi connectivity index (χ0v) is 15.4. The molecule has 0 atom stereocenters. The molecule has 0 amide bonds. The van der Waals surface area contributed by atoms with Crippen molar-refractivity contribution in [3.8, 4) is 17.0 Å². The second kappa shape index (κ2) is 6.94. The summed E-state index contributed by atoms with van der Waals surface area (Å²) in [6.07, 6.45) is 0.188. The van der Waals surface area contributed by atoms with Gasteiger partial charge in [-0.1, -0.05) is 19.9 Å². The van der Waals surface area contributed by atoms with Gasteiger partial charge in [0.25, 0.3) is 0 Å². The molecule has 1 heterocycles. The van der Waals surface area contributed by atoms with Crippen LogP contribution in [0.2, 0.25) is 0 Å². The van der Waals surface area contributed by atoms with Crippen LogP contribution in [0.3, 0.4) is 0 Å². The Bertz CT molecular complexity index is 782. The number of aromatic nitrogens is 1. The lowest BCUT2D eigenvalue weighted by Gasteiger charge is -2.21. The van der Waals surface area contributed by atoms with Crippen molar-refractivity contribution in [2.24, 2.45) is 0 Å². The second-order valence-electron chi connectivity index (χ2n) is 5.78. The minimum Gasteiger partial charge on any atom is -0.480 e. The fraction of sp³-hybridized carbons (Fsp3) is 0.438. The van der Waals surface area contributed by atoms with E-state index in [0.29, 0.717) is 5.75 Å². The van der Waals surface area contributed by atoms with Crippen LogP contribution in [-0.4, -0.2) is 39.1 Å². The van der Waals surface area contributed by atoms with Crippen molar-refractivity contribution < 1.29 is 19.1 Å². The number of ether oxygens (including phenoxy) is 1. The van der Waals surface area contributed by atoms with E-state index in [1.807, 2.05) is 12.1 Å². The largest absolute Gasteiger partial charge is 0.480 e. The molecule has 1 aliphatic carbocycles. The van der Waals surface area contributed by atoms with Crippen molar-refractivity contribution in [1.82, 2.24) is 9.88 Å². The first-order valence-electron chi connectivity index (χ1n) is 7.90. The quantitative estimate of drug-likeness (QED) is 0.624. The van der Waals surface area contributed by atoms with Crippen molar-refractivity contribution in [2.45, 2.75) is 26.8 Å². The van der Waals surface area contributed by atoms with E-state index in [0.717, 1.165) is 37.3 Å². The van der Waals surface area contributed by atoms with Gasteiger partial charge in [0.2, 0.25) is 0 Å². The third-order valence-corrected chi connectivity index (χ3v) is 5.56. The molecule has 0 bridgehead atoms. The maximum atomic E-state index is 11.1. The van der Waals surface area contributed by atoms with Crippen LogP contribution in [-0.2, 0) is 17.5 Å². The van der Waals surface area contributed by atoms with Crippen LogP contribution in [0.25, 0.3) is 11.3 Å². The van der Waals surface area contributed by atoms with Crippen LogP contribution in [0.1, 0.15) is 29.9 Å². The Labute approximate surface area is 145 Å². The second-order valence-corrected chi connectivity index (χ2v) is 8.30. The molecular formula is C16H21N2O4PS. The van der Waals surface area contributed by atoms with Gasteiger partial charge >= 0.3 is 7.60 Å². The highest BCUT2D eigenvalue weighted by Crippen LogP contribution is 2.46. The molecule has 2 N–H and O–H groups in total. The number of fused-ring (bicyclic) bond motifs is 3. The Morgan fingerprint density at radius 1 is 1.33 bits per heavy atom. The molecule has 3 rings (SSSR count). The average molecular weight is 368 g/mol. The zero-order valence-electron chi connectivity index (χ0n) is 13.7. The Morgan fingerprint density at radius 3 is 2.75 bits per heavy atom. The van der Waals surface area contributed by atoms with E-state index >= 15 is 0 Å². The maximum absolute atomic E-state index is 11.1. The predicted molar refractivity (Wildman–Crippen MR) is 94.5 cm³/mol. The molecule has 24 heavy (non-hydrogen) atoms. The zero-order chi connectivity index (χ0) is 17.3. The van der Waals surface area contributed by atoms with Crippen molar-refractivity contribution in [3.05, 3.63) is 33.6 Å². The molecule has 2 aromatic rings. The van der Waals surface area contributed by atoms with E-state index < -0.39 is 13.9 Å². The molecular weight excluding hydrogens is 347 g/mol. The Hall–Kier alpha value is -1.24. The first-order chi connectivity index (χ1) is 11.4. The Balaban J connectivity index is 1.99. The van der Waals surface area contributed by atoms with E-state index in [2.05, 4.69) is 23.7 Å². The minimum atomic E-state index is -4.22. The molecule has 0 spiro atoms. The molecule has 1 aliphatic rings. The molecule has 0 unspecified atom stereocenters. The topological polar surface area (TPSA) is 82.9 Å². The highest BCUT2D eigenvalue weighted by atomic mass is 32.1. The Morgan fingerprint density at radius 2 is 2.08 bits per heavy atom. The number of thiazole rings is 1. The Kier molecular flexibility index (Phi) is 5.08. The van der Waals surface area contributed by atoms with Crippen LogP contribution in [0, 0.1) is 0 Å². The lowest BCUT2D eigenvalue weighted by atomic mass is 10.0. The van der Waals surface area contributed by atoms with Gasteiger partial charge < -0.3 is 14.5 Å². The van der Waals surface area contributed by atoms with Gasteiger partial charge in [-0.05, 0) is 30.3 Å². The predicted octanol–water partition coefficient (Wildman–Crippen LogP) is 3.07. The number of hydrogen-bond donors (Lipinski definition) is 2. The summed E-state index contributed by atoms with van der Waals surface area (Å²) >= 11 is 1.61. The first kappa shape index (κ1) is 17.6. The number of benzene rings is 1. The summed E-state index contributed by atoms with van der Waals surface area (Å²) in [4.78, 5) is 26.1. The highest BCUT2D eigenvalue weighted by molar-refractivity contribution is 7.51. The van der Waals surface area contributed by atoms with Crippen LogP contribution in [0.15, 0.2) is 17.6 Å². The lowest BCUT2D eigenvalue weighted by Crippen LogP contribution is -2.22. The summed E-state index contributed by atoms with van der Waals surface area (Å²) in [5, 5.41) is 0. The van der Waals surface area contributed by atoms with Gasteiger partial charge in [0.15, 0.2) is 6.35 Å². The lowest BCUT2D eigenvalue weighted by molar-refractivity contribution is 0.293. The summed E-state index contributed by atoms with van der Waals surface area (Å²) in [6, 6.07) is 3.81. The van der Waals surface area contributed by atoms with Gasteiger partial charge in [-0.25, -0.2) is 4.98 Å². The first-order valence-corrected chi connectivity index (χ1v) is 10.6. The van der Waals surface area contributed by atoms with Crippen LogP contribution >= 0.6 is 18.9 Å². The van der Waals surface area contributed by atoms with Gasteiger partial charge in [0.05, 0.1) is 11.2 Å². The van der Waals surface area contributed by atoms with Gasteiger partial charge in [0, 0.05) is 23.4 Å². The summed E-state index contributed by atoms with van der Waals surface area (Å²) in [7, 11) is -4.22. The molecule has 0 saturated carbocycles. The molecule has 1 aromatic carbocycles. The van der Waals surface area contributed by atoms with E-state index in [1.54, 1.807) is 16.8 Å². The third kappa shape index (κ3) is 3.55. The average Bonchev–Trinajstić information content (AvgIpc) is 3.11. The SMILES string of the molecule is CCN(CC)Cc1ccc(OCP(=O)(O)O)c2c1Cc1scnc1-2. The van der Waals surface area contributed by atoms with E-state index in [4.69, 9.17) is 14.5 Å². The molecule has 1 aromatic heterocycles. The summed E-state index contributed by atoms with van der Waals surface area (Å²) < 4.78 is 16.6. The fourth-order valence-electron chi connectivity index (χ4n) is 3.00. The molecule has 0 aliphatic heterocycles. The third-order valence-electron chi connectivity index (χ3n) is 4.26. The molecule has 130 valence electrons. The smallest absolute Gasteiger partial charge is 0.362 e. The van der Waals surface area contributed by atoms with Gasteiger partial charge in [-0.15, -0.1) is 11.3 Å². The standard InChI is InChI=1S/C16H21N2O4PS/c1-3-18(4-2)8-11-5-6-13(22-10-23(19,20)21)15-12(11)7-14-16(15)17-9-24-14/h5-6,9H,3-4,7-8,10H2,1-2H3,(H2,19,20,21). The van der Waals surface area contributed by atoms with Gasteiger partial charge in [0.1, 0.15) is 5.75 Å². The van der Waals surface area contributed by atoms with Crippen molar-refractivity contribution >= 4 is 18.9 Å². The molecule has 0 saturated heterocycles. The molecule has 0 radical (unpaired) electrons. The number of nitrogens with zero attached hydrogens (tertiary/aromatic N) is 2. The van der Waals surface area contributed by atoms with E-state index in [1.165, 1.54) is 16.0 Å². The molecule has 6 nitrogen and oxygen atoms in total. The van der Waals surface area contributed by atoms with Crippen molar-refractivity contribution in [2.75, 3.05) is 19.4 Å². The fourth-order valence-corrected chi connectivity index (χ4v) is 4.09. The monoisotopic (exact) mass is 368 g/mol. The van der Waals surface area contributed by atoms with Gasteiger partial charge in [-0.3, -0.25) is 9.46 Å².